The van der Waals surface area contributed by atoms with Crippen molar-refractivity contribution >= 4 is 31.5 Å². The van der Waals surface area contributed by atoms with E-state index >= 15 is 0 Å². The lowest BCUT2D eigenvalue weighted by Crippen LogP contribution is -2.47. The molecule has 14 heteroatoms. The predicted octanol–water partition coefficient (Wildman–Crippen LogP) is 2.22. The summed E-state index contributed by atoms with van der Waals surface area (Å²) in [4.78, 5) is 11.7. The van der Waals surface area contributed by atoms with Crippen molar-refractivity contribution in [3.05, 3.63) is 41.5 Å². The Morgan fingerprint density at radius 2 is 1.16 bits per heavy atom. The van der Waals surface area contributed by atoms with E-state index in [0.29, 0.717) is 0 Å². The second kappa shape index (κ2) is 5.45. The Hall–Kier alpha value is -2.09. The lowest BCUT2D eigenvalue weighted by Gasteiger charge is -2.26. The molecule has 0 saturated carbocycles. The molecular weight excluding hydrogens is 404 g/mol. The van der Waals surface area contributed by atoms with Crippen LogP contribution in [0.2, 0.25) is 0 Å². The van der Waals surface area contributed by atoms with Gasteiger partial charge in [-0.15, -0.1) is 3.71 Å². The van der Waals surface area contributed by atoms with Gasteiger partial charge in [0, 0.05) is 17.2 Å². The molecule has 1 aromatic carbocycles. The highest BCUT2D eigenvalue weighted by atomic mass is 32.3. The van der Waals surface area contributed by atoms with Crippen molar-refractivity contribution in [2.24, 2.45) is 0 Å². The number of fused-ring (bicyclic) bond motifs is 1. The largest absolute Gasteiger partial charge is 0.517 e. The maximum atomic E-state index is 12.8. The van der Waals surface area contributed by atoms with Gasteiger partial charge >= 0.3 is 31.1 Å². The molecule has 0 atom stereocenters. The van der Waals surface area contributed by atoms with Crippen LogP contribution < -0.4 is 0 Å². The number of rotatable bonds is 3. The topological polar surface area (TPSA) is 88.6 Å². The van der Waals surface area contributed by atoms with Crippen molar-refractivity contribution in [1.29, 1.82) is 0 Å². The van der Waals surface area contributed by atoms with E-state index in [4.69, 9.17) is 0 Å². The van der Waals surface area contributed by atoms with E-state index in [0.717, 1.165) is 18.2 Å². The fourth-order valence-corrected chi connectivity index (χ4v) is 4.66. The number of alkyl halides is 6. The first-order valence-corrected chi connectivity index (χ1v) is 8.79. The molecule has 2 rings (SSSR count). The van der Waals surface area contributed by atoms with Crippen molar-refractivity contribution in [2.45, 2.75) is 11.0 Å². The average Bonchev–Trinajstić information content (AvgIpc) is 2.74. The summed E-state index contributed by atoms with van der Waals surface area (Å²) in [6.07, 6.45) is 0.0806. The smallest absolute Gasteiger partial charge is 0.289 e. The van der Waals surface area contributed by atoms with Crippen molar-refractivity contribution < 1.29 is 48.0 Å². The quantitative estimate of drug-likeness (QED) is 0.715. The maximum Gasteiger partial charge on any atom is 0.517 e. The third-order valence-electron chi connectivity index (χ3n) is 2.95. The molecule has 0 saturated heterocycles. The van der Waals surface area contributed by atoms with Gasteiger partial charge in [-0.1, -0.05) is 24.3 Å². The SMILES string of the molecule is O=C1C=C(N(S(=O)(=O)C(F)(F)F)S(=O)(=O)C(F)(F)F)c2ccccc21. The van der Waals surface area contributed by atoms with Gasteiger partial charge in [0.25, 0.3) is 0 Å². The summed E-state index contributed by atoms with van der Waals surface area (Å²) < 4.78 is 121. The zero-order valence-corrected chi connectivity index (χ0v) is 13.1. The molecule has 138 valence electrons. The van der Waals surface area contributed by atoms with Gasteiger partial charge in [-0.3, -0.25) is 4.79 Å². The Morgan fingerprint density at radius 1 is 0.760 bits per heavy atom. The summed E-state index contributed by atoms with van der Waals surface area (Å²) in [5.41, 5.74) is -15.4. The van der Waals surface area contributed by atoms with Gasteiger partial charge in [-0.2, -0.15) is 43.2 Å². The van der Waals surface area contributed by atoms with Crippen molar-refractivity contribution in [3.8, 4) is 0 Å². The van der Waals surface area contributed by atoms with Gasteiger partial charge in [0.1, 0.15) is 0 Å². The van der Waals surface area contributed by atoms with Crippen LogP contribution in [0.4, 0.5) is 26.3 Å². The molecule has 0 N–H and O–H groups in total. The summed E-state index contributed by atoms with van der Waals surface area (Å²) in [5.74, 6) is -1.15. The average molecular weight is 409 g/mol. The Kier molecular flexibility index (Phi) is 4.20. The molecule has 1 aromatic rings. The van der Waals surface area contributed by atoms with Crippen molar-refractivity contribution in [2.75, 3.05) is 0 Å². The van der Waals surface area contributed by atoms with E-state index in [1.54, 1.807) is 0 Å². The van der Waals surface area contributed by atoms with Crippen LogP contribution in [0.3, 0.4) is 0 Å². The fourth-order valence-electron chi connectivity index (χ4n) is 1.93. The monoisotopic (exact) mass is 409 g/mol. The minimum Gasteiger partial charge on any atom is -0.289 e. The van der Waals surface area contributed by atoms with Crippen LogP contribution in [0.5, 0.6) is 0 Å². The third-order valence-corrected chi connectivity index (χ3v) is 6.57. The van der Waals surface area contributed by atoms with E-state index in [1.807, 2.05) is 0 Å². The van der Waals surface area contributed by atoms with E-state index in [9.17, 15) is 48.0 Å². The summed E-state index contributed by atoms with van der Waals surface area (Å²) in [6.45, 7) is 0. The number of sulfonamides is 2. The molecule has 1 aliphatic carbocycles. The number of halogens is 6. The van der Waals surface area contributed by atoms with Crippen LogP contribution in [0, 0.1) is 0 Å². The van der Waals surface area contributed by atoms with E-state index in [-0.39, 0.29) is 6.08 Å². The number of hydrogen-bond acceptors (Lipinski definition) is 5. The summed E-state index contributed by atoms with van der Waals surface area (Å²) in [7, 11) is -14.0. The summed E-state index contributed by atoms with van der Waals surface area (Å²) in [6, 6.07) is 4.08. The Balaban J connectivity index is 2.86. The first-order valence-electron chi connectivity index (χ1n) is 5.91. The minimum absolute atomic E-state index is 0.0806. The van der Waals surface area contributed by atoms with Crippen molar-refractivity contribution in [3.63, 3.8) is 0 Å². The minimum atomic E-state index is -7.02. The van der Waals surface area contributed by atoms with Gasteiger partial charge in [0.2, 0.25) is 0 Å². The number of benzene rings is 1. The maximum absolute atomic E-state index is 12.8. The second-order valence-corrected chi connectivity index (χ2v) is 8.33. The Morgan fingerprint density at radius 3 is 1.56 bits per heavy atom. The standard InChI is InChI=1S/C11H5F6NO5S2/c12-10(13,14)24(20,21)18(25(22,23)11(15,16)17)8-5-9(19)7-4-2-1-3-6(7)8/h1-5H. The Labute approximate surface area is 136 Å². The Bertz CT molecular complexity index is 931. The molecule has 0 radical (unpaired) electrons. The fraction of sp³-hybridized carbons (Fsp3) is 0.182. The zero-order chi connectivity index (χ0) is 19.4. The molecule has 1 aliphatic rings. The number of ketones is 1. The number of allylic oxidation sites excluding steroid dienone is 1. The number of carbonyl (C=O) groups excluding carboxylic acids is 1. The number of hydrogen-bond donors (Lipinski definition) is 0. The molecule has 0 bridgehead atoms. The highest BCUT2D eigenvalue weighted by Gasteiger charge is 2.62. The summed E-state index contributed by atoms with van der Waals surface area (Å²) in [5, 5.41) is 0. The number of carbonyl (C=O) groups is 1. The van der Waals surface area contributed by atoms with Gasteiger partial charge < -0.3 is 0 Å². The van der Waals surface area contributed by atoms with Gasteiger partial charge in [0.05, 0.1) is 5.70 Å². The highest BCUT2D eigenvalue weighted by molar-refractivity contribution is 8.05. The van der Waals surface area contributed by atoms with E-state index < -0.39 is 57.4 Å². The van der Waals surface area contributed by atoms with E-state index in [1.165, 1.54) is 6.07 Å². The van der Waals surface area contributed by atoms with Crippen molar-refractivity contribution in [1.82, 2.24) is 3.71 Å². The van der Waals surface area contributed by atoms with Crippen LogP contribution in [0.1, 0.15) is 15.9 Å². The van der Waals surface area contributed by atoms with Gasteiger partial charge in [0.15, 0.2) is 5.78 Å². The van der Waals surface area contributed by atoms with Gasteiger partial charge in [-0.25, -0.2) is 0 Å². The molecule has 0 aromatic heterocycles. The predicted molar refractivity (Wildman–Crippen MR) is 70.5 cm³/mol. The number of nitrogens with zero attached hydrogens (tertiary/aromatic N) is 1. The second-order valence-electron chi connectivity index (χ2n) is 4.54. The van der Waals surface area contributed by atoms with E-state index in [2.05, 4.69) is 0 Å². The molecule has 0 amide bonds. The van der Waals surface area contributed by atoms with Crippen LogP contribution in [0.15, 0.2) is 30.3 Å². The van der Waals surface area contributed by atoms with Crippen LogP contribution in [0.25, 0.3) is 5.70 Å². The normalized spacial score (nSPS) is 15.8. The third kappa shape index (κ3) is 2.88. The lowest BCUT2D eigenvalue weighted by molar-refractivity contribution is -0.0513. The molecule has 0 fully saturated rings. The highest BCUT2D eigenvalue weighted by Crippen LogP contribution is 2.42. The first kappa shape index (κ1) is 19.2. The molecule has 0 unspecified atom stereocenters. The van der Waals surface area contributed by atoms with Gasteiger partial charge in [-0.05, 0) is 0 Å². The zero-order valence-electron chi connectivity index (χ0n) is 11.5. The van der Waals surface area contributed by atoms with Crippen LogP contribution in [-0.4, -0.2) is 37.3 Å². The van der Waals surface area contributed by atoms with Crippen LogP contribution >= 0.6 is 0 Å². The molecule has 0 spiro atoms. The molecule has 25 heavy (non-hydrogen) atoms. The lowest BCUT2D eigenvalue weighted by atomic mass is 10.1. The molecular formula is C11H5F6NO5S2. The molecule has 0 aliphatic heterocycles. The molecule has 0 heterocycles. The summed E-state index contributed by atoms with van der Waals surface area (Å²) >= 11 is 0. The molecule has 6 nitrogen and oxygen atoms in total. The van der Waals surface area contributed by atoms with Crippen LogP contribution in [-0.2, 0) is 20.0 Å². The first-order chi connectivity index (χ1) is 11.1.